The molecular weight excluding hydrogens is 389 g/mol. The van der Waals surface area contributed by atoms with Gasteiger partial charge in [0.1, 0.15) is 12.4 Å². The summed E-state index contributed by atoms with van der Waals surface area (Å²) in [5.41, 5.74) is 3.25. The Hall–Kier alpha value is -1.71. The van der Waals surface area contributed by atoms with Crippen LogP contribution < -0.4 is 10.1 Å². The van der Waals surface area contributed by atoms with Crippen LogP contribution in [0.15, 0.2) is 66.7 Å². The maximum Gasteiger partial charge on any atom is 0.119 e. The molecule has 1 N–H and O–H groups in total. The van der Waals surface area contributed by atoms with Crippen LogP contribution in [-0.4, -0.2) is 0 Å². The van der Waals surface area contributed by atoms with Gasteiger partial charge < -0.3 is 10.1 Å². The first-order valence-corrected chi connectivity index (χ1v) is 9.35. The first-order valence-electron chi connectivity index (χ1n) is 8.21. The number of rotatable bonds is 7. The quantitative estimate of drug-likeness (QED) is 0.482. The van der Waals surface area contributed by atoms with E-state index in [0.717, 1.165) is 35.0 Å². The molecule has 0 spiro atoms. The number of benzene rings is 3. The summed E-state index contributed by atoms with van der Waals surface area (Å²) < 4.78 is 5.79. The van der Waals surface area contributed by atoms with E-state index in [2.05, 4.69) is 5.32 Å². The van der Waals surface area contributed by atoms with Crippen molar-refractivity contribution in [2.45, 2.75) is 19.7 Å². The molecule has 0 heterocycles. The number of hydrogen-bond donors (Lipinski definition) is 1. The van der Waals surface area contributed by atoms with Crippen molar-refractivity contribution in [3.05, 3.63) is 98.5 Å². The van der Waals surface area contributed by atoms with Crippen molar-refractivity contribution >= 4 is 34.8 Å². The van der Waals surface area contributed by atoms with Gasteiger partial charge in [0, 0.05) is 18.1 Å². The highest BCUT2D eigenvalue weighted by atomic mass is 35.5. The molecule has 3 rings (SSSR count). The number of ether oxygens (including phenoxy) is 1. The minimum absolute atomic E-state index is 0.445. The zero-order chi connectivity index (χ0) is 18.4. The maximum absolute atomic E-state index is 6.16. The second-order valence-electron chi connectivity index (χ2n) is 5.88. The van der Waals surface area contributed by atoms with Crippen LogP contribution in [0.2, 0.25) is 15.1 Å². The van der Waals surface area contributed by atoms with Gasteiger partial charge in [0.2, 0.25) is 0 Å². The number of nitrogens with one attached hydrogen (secondary N) is 1. The van der Waals surface area contributed by atoms with Crippen molar-refractivity contribution in [2.75, 3.05) is 0 Å². The van der Waals surface area contributed by atoms with Crippen LogP contribution >= 0.6 is 34.8 Å². The molecule has 26 heavy (non-hydrogen) atoms. The molecule has 3 aromatic carbocycles. The van der Waals surface area contributed by atoms with E-state index in [0.29, 0.717) is 16.7 Å². The van der Waals surface area contributed by atoms with Gasteiger partial charge in [-0.25, -0.2) is 0 Å². The van der Waals surface area contributed by atoms with Gasteiger partial charge in [-0.05, 0) is 47.0 Å². The highest BCUT2D eigenvalue weighted by Crippen LogP contribution is 2.23. The van der Waals surface area contributed by atoms with Gasteiger partial charge >= 0.3 is 0 Å². The van der Waals surface area contributed by atoms with Crippen molar-refractivity contribution in [3.8, 4) is 5.75 Å². The summed E-state index contributed by atoms with van der Waals surface area (Å²) in [5.74, 6) is 0.811. The van der Waals surface area contributed by atoms with E-state index in [1.165, 1.54) is 5.56 Å². The average Bonchev–Trinajstić information content (AvgIpc) is 2.65. The summed E-state index contributed by atoms with van der Waals surface area (Å²) in [4.78, 5) is 0. The second-order valence-corrected chi connectivity index (χ2v) is 7.10. The minimum atomic E-state index is 0.445. The molecule has 0 bridgehead atoms. The summed E-state index contributed by atoms with van der Waals surface area (Å²) in [5, 5.41) is 5.26. The Morgan fingerprint density at radius 1 is 0.692 bits per heavy atom. The van der Waals surface area contributed by atoms with Crippen molar-refractivity contribution < 1.29 is 4.74 Å². The van der Waals surface area contributed by atoms with Gasteiger partial charge in [0.05, 0.1) is 10.0 Å². The van der Waals surface area contributed by atoms with E-state index in [-0.39, 0.29) is 0 Å². The average molecular weight is 407 g/mol. The van der Waals surface area contributed by atoms with E-state index < -0.39 is 0 Å². The molecule has 2 nitrogen and oxygen atoms in total. The van der Waals surface area contributed by atoms with E-state index in [1.807, 2.05) is 60.7 Å². The monoisotopic (exact) mass is 405 g/mol. The first kappa shape index (κ1) is 19.1. The Balaban J connectivity index is 1.48. The lowest BCUT2D eigenvalue weighted by molar-refractivity contribution is 0.306. The number of hydrogen-bond acceptors (Lipinski definition) is 2. The fourth-order valence-electron chi connectivity index (χ4n) is 2.48. The summed E-state index contributed by atoms with van der Waals surface area (Å²) in [6.07, 6.45) is 0. The Morgan fingerprint density at radius 2 is 1.42 bits per heavy atom. The van der Waals surface area contributed by atoms with Gasteiger partial charge in [-0.3, -0.25) is 0 Å². The lowest BCUT2D eigenvalue weighted by Gasteiger charge is -2.09. The summed E-state index contributed by atoms with van der Waals surface area (Å²) in [7, 11) is 0. The molecule has 3 aromatic rings. The summed E-state index contributed by atoms with van der Waals surface area (Å²) >= 11 is 18.1. The highest BCUT2D eigenvalue weighted by molar-refractivity contribution is 6.42. The SMILES string of the molecule is Clc1ccc(COc2ccc(CNCc3ccccc3Cl)cc2)cc1Cl. The van der Waals surface area contributed by atoms with Crippen molar-refractivity contribution in [2.24, 2.45) is 0 Å². The van der Waals surface area contributed by atoms with Gasteiger partial charge in [-0.15, -0.1) is 0 Å². The smallest absolute Gasteiger partial charge is 0.119 e. The lowest BCUT2D eigenvalue weighted by Crippen LogP contribution is -2.12. The van der Waals surface area contributed by atoms with E-state index >= 15 is 0 Å². The molecule has 0 radical (unpaired) electrons. The molecule has 0 aliphatic carbocycles. The van der Waals surface area contributed by atoms with Crippen LogP contribution in [0.3, 0.4) is 0 Å². The summed E-state index contributed by atoms with van der Waals surface area (Å²) in [6, 6.07) is 21.4. The topological polar surface area (TPSA) is 21.3 Å². The highest BCUT2D eigenvalue weighted by Gasteiger charge is 2.02. The molecule has 0 aliphatic rings. The predicted octanol–water partition coefficient (Wildman–Crippen LogP) is 6.52. The molecule has 134 valence electrons. The zero-order valence-electron chi connectivity index (χ0n) is 14.0. The molecule has 0 saturated heterocycles. The Morgan fingerprint density at radius 3 is 2.15 bits per heavy atom. The van der Waals surface area contributed by atoms with Gasteiger partial charge in [0.25, 0.3) is 0 Å². The molecular formula is C21H18Cl3NO. The summed E-state index contributed by atoms with van der Waals surface area (Å²) in [6.45, 7) is 1.94. The fourth-order valence-corrected chi connectivity index (χ4v) is 3.01. The molecule has 0 saturated carbocycles. The minimum Gasteiger partial charge on any atom is -0.489 e. The van der Waals surface area contributed by atoms with E-state index in [9.17, 15) is 0 Å². The van der Waals surface area contributed by atoms with Crippen molar-refractivity contribution in [3.63, 3.8) is 0 Å². The Bertz CT molecular complexity index is 865. The van der Waals surface area contributed by atoms with Crippen LogP contribution in [0.1, 0.15) is 16.7 Å². The second kappa shape index (κ2) is 9.29. The molecule has 5 heteroatoms. The zero-order valence-corrected chi connectivity index (χ0v) is 16.3. The third-order valence-corrected chi connectivity index (χ3v) is 5.02. The van der Waals surface area contributed by atoms with Crippen LogP contribution in [-0.2, 0) is 19.7 Å². The van der Waals surface area contributed by atoms with Crippen LogP contribution in [0, 0.1) is 0 Å². The third kappa shape index (κ3) is 5.39. The third-order valence-electron chi connectivity index (χ3n) is 3.92. The van der Waals surface area contributed by atoms with Crippen LogP contribution in [0.5, 0.6) is 5.75 Å². The molecule has 0 atom stereocenters. The predicted molar refractivity (Wildman–Crippen MR) is 109 cm³/mol. The van der Waals surface area contributed by atoms with Crippen molar-refractivity contribution in [1.29, 1.82) is 0 Å². The number of halogens is 3. The molecule has 0 fully saturated rings. The Kier molecular flexibility index (Phi) is 6.81. The van der Waals surface area contributed by atoms with Gasteiger partial charge in [0.15, 0.2) is 0 Å². The molecule has 0 aliphatic heterocycles. The van der Waals surface area contributed by atoms with Gasteiger partial charge in [-0.2, -0.15) is 0 Å². The standard InChI is InChI=1S/C21H18Cl3NO/c22-19-4-2-1-3-17(19)13-25-12-15-5-8-18(9-6-15)26-14-16-7-10-20(23)21(24)11-16/h1-11,25H,12-14H2. The molecule has 0 unspecified atom stereocenters. The lowest BCUT2D eigenvalue weighted by atomic mass is 10.2. The van der Waals surface area contributed by atoms with E-state index in [4.69, 9.17) is 39.5 Å². The fraction of sp³-hybridized carbons (Fsp3) is 0.143. The maximum atomic E-state index is 6.16. The van der Waals surface area contributed by atoms with Crippen LogP contribution in [0.25, 0.3) is 0 Å². The van der Waals surface area contributed by atoms with Crippen molar-refractivity contribution in [1.82, 2.24) is 5.32 Å². The molecule has 0 aromatic heterocycles. The van der Waals surface area contributed by atoms with E-state index in [1.54, 1.807) is 6.07 Å². The van der Waals surface area contributed by atoms with Crippen LogP contribution in [0.4, 0.5) is 0 Å². The first-order chi connectivity index (χ1) is 12.6. The largest absolute Gasteiger partial charge is 0.489 e. The normalized spacial score (nSPS) is 10.7. The molecule has 0 amide bonds. The Labute approximate surface area is 168 Å². The van der Waals surface area contributed by atoms with Gasteiger partial charge in [-0.1, -0.05) is 71.2 Å².